The molecule has 2 nitrogen and oxygen atoms in total. The number of hydrogen-bond acceptors (Lipinski definition) is 2. The van der Waals surface area contributed by atoms with E-state index in [0.717, 1.165) is 32.4 Å². The van der Waals surface area contributed by atoms with Crippen LogP contribution in [0.25, 0.3) is 0 Å². The van der Waals surface area contributed by atoms with Gasteiger partial charge in [-0.05, 0) is 33.2 Å². The van der Waals surface area contributed by atoms with E-state index in [1.807, 2.05) is 6.92 Å². The molecule has 2 atom stereocenters. The molecule has 0 aliphatic carbocycles. The number of hydrogen-bond donors (Lipinski definition) is 1. The van der Waals surface area contributed by atoms with Gasteiger partial charge in [0, 0.05) is 25.0 Å². The third-order valence-electron chi connectivity index (χ3n) is 2.76. The number of nitrogens with zero attached hydrogens (tertiary/aromatic N) is 1. The number of piperidine rings is 1. The maximum atomic E-state index is 5.89. The summed E-state index contributed by atoms with van der Waals surface area (Å²) in [7, 11) is 0. The van der Waals surface area contributed by atoms with E-state index in [4.69, 9.17) is 5.73 Å². The predicted molar refractivity (Wildman–Crippen MR) is 56.3 cm³/mol. The summed E-state index contributed by atoms with van der Waals surface area (Å²) in [5.74, 6) is 6.03. The van der Waals surface area contributed by atoms with E-state index in [1.165, 1.54) is 0 Å². The van der Waals surface area contributed by atoms with Crippen molar-refractivity contribution in [3.8, 4) is 11.8 Å². The van der Waals surface area contributed by atoms with Crippen LogP contribution in [0.2, 0.25) is 0 Å². The lowest BCUT2D eigenvalue weighted by Gasteiger charge is -2.35. The van der Waals surface area contributed by atoms with Crippen molar-refractivity contribution >= 4 is 0 Å². The van der Waals surface area contributed by atoms with Crippen LogP contribution in [0, 0.1) is 11.8 Å². The van der Waals surface area contributed by atoms with E-state index >= 15 is 0 Å². The van der Waals surface area contributed by atoms with E-state index in [-0.39, 0.29) is 0 Å². The second-order valence-corrected chi connectivity index (χ2v) is 3.85. The molecule has 0 radical (unpaired) electrons. The molecule has 0 amide bonds. The number of rotatable bonds is 2. The molecule has 0 aromatic rings. The smallest absolute Gasteiger partial charge is 0.0217 e. The molecular weight excluding hydrogens is 160 g/mol. The first kappa shape index (κ1) is 10.6. The summed E-state index contributed by atoms with van der Waals surface area (Å²) in [6.07, 6.45) is 3.28. The Balaban J connectivity index is 2.28. The molecule has 74 valence electrons. The van der Waals surface area contributed by atoms with Crippen LogP contribution in [0.4, 0.5) is 0 Å². The van der Waals surface area contributed by atoms with Gasteiger partial charge in [0.25, 0.3) is 0 Å². The summed E-state index contributed by atoms with van der Waals surface area (Å²) in [5, 5.41) is 0. The lowest BCUT2D eigenvalue weighted by molar-refractivity contribution is 0.151. The molecule has 2 unspecified atom stereocenters. The molecule has 0 aromatic heterocycles. The van der Waals surface area contributed by atoms with Crippen molar-refractivity contribution in [2.24, 2.45) is 5.73 Å². The van der Waals surface area contributed by atoms with Gasteiger partial charge in [0.15, 0.2) is 0 Å². The molecule has 1 saturated heterocycles. The van der Waals surface area contributed by atoms with Crippen LogP contribution in [0.1, 0.15) is 33.1 Å². The average Bonchev–Trinajstić information content (AvgIpc) is 2.09. The summed E-state index contributed by atoms with van der Waals surface area (Å²) in [6, 6.07) is 1.06. The Hall–Kier alpha value is -0.520. The predicted octanol–water partition coefficient (Wildman–Crippen LogP) is 1.21. The quantitative estimate of drug-likeness (QED) is 0.647. The maximum Gasteiger partial charge on any atom is 0.0217 e. The average molecular weight is 180 g/mol. The molecule has 0 spiro atoms. The van der Waals surface area contributed by atoms with E-state index in [0.29, 0.717) is 12.1 Å². The van der Waals surface area contributed by atoms with Crippen LogP contribution in [0.3, 0.4) is 0 Å². The normalized spacial score (nSPS) is 29.5. The highest BCUT2D eigenvalue weighted by molar-refractivity contribution is 4.96. The summed E-state index contributed by atoms with van der Waals surface area (Å²) in [5.41, 5.74) is 5.89. The maximum absolute atomic E-state index is 5.89. The summed E-state index contributed by atoms with van der Waals surface area (Å²) in [4.78, 5) is 2.49. The monoisotopic (exact) mass is 180 g/mol. The zero-order valence-electron chi connectivity index (χ0n) is 8.71. The van der Waals surface area contributed by atoms with Gasteiger partial charge < -0.3 is 5.73 Å². The fourth-order valence-corrected chi connectivity index (χ4v) is 1.91. The third kappa shape index (κ3) is 3.38. The summed E-state index contributed by atoms with van der Waals surface area (Å²) in [6.45, 7) is 6.41. The lowest BCUT2D eigenvalue weighted by Crippen LogP contribution is -2.45. The minimum Gasteiger partial charge on any atom is -0.328 e. The first-order chi connectivity index (χ1) is 6.24. The van der Waals surface area contributed by atoms with Gasteiger partial charge in [-0.2, -0.15) is 0 Å². The Bertz CT molecular complexity index is 202. The van der Waals surface area contributed by atoms with E-state index < -0.39 is 0 Å². The fourth-order valence-electron chi connectivity index (χ4n) is 1.91. The van der Waals surface area contributed by atoms with Crippen molar-refractivity contribution in [3.63, 3.8) is 0 Å². The van der Waals surface area contributed by atoms with Crippen molar-refractivity contribution in [1.82, 2.24) is 4.90 Å². The van der Waals surface area contributed by atoms with Crippen LogP contribution in [-0.2, 0) is 0 Å². The van der Waals surface area contributed by atoms with Crippen molar-refractivity contribution in [3.05, 3.63) is 0 Å². The van der Waals surface area contributed by atoms with Crippen LogP contribution in [-0.4, -0.2) is 30.1 Å². The highest BCUT2D eigenvalue weighted by atomic mass is 15.2. The second-order valence-electron chi connectivity index (χ2n) is 3.85. The summed E-state index contributed by atoms with van der Waals surface area (Å²) < 4.78 is 0. The molecule has 2 N–H and O–H groups in total. The van der Waals surface area contributed by atoms with Gasteiger partial charge in [-0.1, -0.05) is 0 Å². The number of nitrogens with two attached hydrogens (primary N) is 1. The van der Waals surface area contributed by atoms with Crippen molar-refractivity contribution in [2.75, 3.05) is 13.1 Å². The first-order valence-electron chi connectivity index (χ1n) is 5.13. The highest BCUT2D eigenvalue weighted by Crippen LogP contribution is 2.15. The Kier molecular flexibility index (Phi) is 4.27. The molecule has 1 aliphatic rings. The topological polar surface area (TPSA) is 29.3 Å². The Morgan fingerprint density at radius 1 is 1.54 bits per heavy atom. The van der Waals surface area contributed by atoms with Gasteiger partial charge >= 0.3 is 0 Å². The van der Waals surface area contributed by atoms with Gasteiger partial charge in [0.05, 0.1) is 0 Å². The lowest BCUT2D eigenvalue weighted by atomic mass is 9.99. The zero-order chi connectivity index (χ0) is 9.68. The van der Waals surface area contributed by atoms with Gasteiger partial charge in [0.1, 0.15) is 0 Å². The van der Waals surface area contributed by atoms with Gasteiger partial charge in [-0.25, -0.2) is 0 Å². The van der Waals surface area contributed by atoms with E-state index in [2.05, 4.69) is 23.7 Å². The second kappa shape index (κ2) is 5.26. The van der Waals surface area contributed by atoms with Crippen LogP contribution in [0.5, 0.6) is 0 Å². The Morgan fingerprint density at radius 2 is 2.31 bits per heavy atom. The highest BCUT2D eigenvalue weighted by Gasteiger charge is 2.21. The summed E-state index contributed by atoms with van der Waals surface area (Å²) >= 11 is 0. The molecule has 0 saturated carbocycles. The first-order valence-corrected chi connectivity index (χ1v) is 5.13. The molecule has 13 heavy (non-hydrogen) atoms. The Labute approximate surface area is 81.5 Å². The SMILES string of the molecule is CC#CCCN1CCC(N)CC1C. The van der Waals surface area contributed by atoms with Crippen molar-refractivity contribution < 1.29 is 0 Å². The minimum atomic E-state index is 0.420. The van der Waals surface area contributed by atoms with Crippen molar-refractivity contribution in [2.45, 2.75) is 45.2 Å². The molecule has 1 aliphatic heterocycles. The molecule has 0 aromatic carbocycles. The fraction of sp³-hybridized carbons (Fsp3) is 0.818. The van der Waals surface area contributed by atoms with Crippen LogP contribution >= 0.6 is 0 Å². The standard InChI is InChI=1S/C11H20N2/c1-3-4-5-7-13-8-6-11(12)9-10(13)2/h10-11H,5-9,12H2,1-2H3. The van der Waals surface area contributed by atoms with E-state index in [1.54, 1.807) is 0 Å². The molecule has 1 fully saturated rings. The number of likely N-dealkylation sites (tertiary alicyclic amines) is 1. The Morgan fingerprint density at radius 3 is 2.92 bits per heavy atom. The van der Waals surface area contributed by atoms with E-state index in [9.17, 15) is 0 Å². The minimum absolute atomic E-state index is 0.420. The van der Waals surface area contributed by atoms with Crippen LogP contribution < -0.4 is 5.73 Å². The van der Waals surface area contributed by atoms with Crippen molar-refractivity contribution in [1.29, 1.82) is 0 Å². The van der Waals surface area contributed by atoms with Gasteiger partial charge in [-0.3, -0.25) is 4.90 Å². The molecule has 0 bridgehead atoms. The van der Waals surface area contributed by atoms with Gasteiger partial charge in [-0.15, -0.1) is 11.8 Å². The molecule has 2 heteroatoms. The molecular formula is C11H20N2. The molecule has 1 heterocycles. The van der Waals surface area contributed by atoms with Gasteiger partial charge in [0.2, 0.25) is 0 Å². The largest absolute Gasteiger partial charge is 0.328 e. The molecule has 1 rings (SSSR count). The zero-order valence-corrected chi connectivity index (χ0v) is 8.71. The third-order valence-corrected chi connectivity index (χ3v) is 2.76. The van der Waals surface area contributed by atoms with Crippen LogP contribution in [0.15, 0.2) is 0 Å².